The monoisotopic (exact) mass is 545 g/mol. The molecule has 1 fully saturated rings. The lowest BCUT2D eigenvalue weighted by Gasteiger charge is -2.28. The fourth-order valence-corrected chi connectivity index (χ4v) is 5.50. The SMILES string of the molecule is CCC1=C/N=C(CCC2CCC(COc3c(F)cc(-c4ccc(-c5nnn(C)n5)cc4)cc3F)CC2)CC/C=C\1. The maximum atomic E-state index is 14.9. The molecular formula is C32H37F2N5O. The van der Waals surface area contributed by atoms with Gasteiger partial charge in [-0.05, 0) is 90.8 Å². The second-order valence-corrected chi connectivity index (χ2v) is 10.9. The summed E-state index contributed by atoms with van der Waals surface area (Å²) in [5.41, 5.74) is 4.51. The summed E-state index contributed by atoms with van der Waals surface area (Å²) in [6.45, 7) is 2.50. The Morgan fingerprint density at radius 3 is 2.33 bits per heavy atom. The van der Waals surface area contributed by atoms with Crippen LogP contribution in [0.2, 0.25) is 0 Å². The van der Waals surface area contributed by atoms with Crippen LogP contribution in [0.25, 0.3) is 22.5 Å². The van der Waals surface area contributed by atoms with E-state index in [0.29, 0.717) is 35.4 Å². The molecule has 0 bridgehead atoms. The van der Waals surface area contributed by atoms with E-state index >= 15 is 0 Å². The number of allylic oxidation sites excluding steroid dienone is 3. The second kappa shape index (κ2) is 13.1. The molecule has 2 heterocycles. The van der Waals surface area contributed by atoms with E-state index in [1.807, 2.05) is 18.3 Å². The van der Waals surface area contributed by atoms with Gasteiger partial charge >= 0.3 is 0 Å². The number of aromatic nitrogens is 4. The molecule has 40 heavy (non-hydrogen) atoms. The van der Waals surface area contributed by atoms with E-state index in [4.69, 9.17) is 9.73 Å². The predicted octanol–water partition coefficient (Wildman–Crippen LogP) is 7.87. The molecule has 3 aromatic rings. The van der Waals surface area contributed by atoms with Crippen LogP contribution >= 0.6 is 0 Å². The van der Waals surface area contributed by atoms with Gasteiger partial charge in [0.2, 0.25) is 5.82 Å². The maximum Gasteiger partial charge on any atom is 0.204 e. The fraction of sp³-hybridized carbons (Fsp3) is 0.438. The summed E-state index contributed by atoms with van der Waals surface area (Å²) < 4.78 is 35.6. The Kier molecular flexibility index (Phi) is 9.14. The van der Waals surface area contributed by atoms with Crippen LogP contribution in [-0.2, 0) is 7.05 Å². The third kappa shape index (κ3) is 7.09. The first kappa shape index (κ1) is 27.9. The van der Waals surface area contributed by atoms with Crippen molar-refractivity contribution in [1.29, 1.82) is 0 Å². The van der Waals surface area contributed by atoms with Crippen molar-refractivity contribution < 1.29 is 13.5 Å². The first-order valence-corrected chi connectivity index (χ1v) is 14.4. The molecule has 2 aromatic carbocycles. The van der Waals surface area contributed by atoms with Crippen LogP contribution in [0.3, 0.4) is 0 Å². The molecule has 1 aliphatic carbocycles. The van der Waals surface area contributed by atoms with E-state index in [-0.39, 0.29) is 5.75 Å². The maximum absolute atomic E-state index is 14.9. The van der Waals surface area contributed by atoms with Crippen LogP contribution in [-0.4, -0.2) is 32.5 Å². The molecule has 1 aromatic heterocycles. The van der Waals surface area contributed by atoms with Gasteiger partial charge in [-0.1, -0.05) is 56.2 Å². The number of aliphatic imine (C=N–C) groups is 1. The van der Waals surface area contributed by atoms with E-state index in [1.54, 1.807) is 19.2 Å². The van der Waals surface area contributed by atoms with Gasteiger partial charge in [0.05, 0.1) is 13.7 Å². The number of benzene rings is 2. The molecule has 2 aliphatic rings. The standard InChI is InChI=1S/C32H37F2N5O/c1-3-22-6-4-5-7-28(35-20-22)17-12-23-8-10-24(11-9-23)21-40-31-29(33)18-27(19-30(31)34)25-13-15-26(16-14-25)32-36-38-39(2)37-32/h4,6,13-16,18-20,23-24H,3,5,7-12,17,21H2,1-2H3/b6-4-,22-20-,35-28?. The van der Waals surface area contributed by atoms with Gasteiger partial charge in [-0.2, -0.15) is 4.80 Å². The van der Waals surface area contributed by atoms with Crippen LogP contribution < -0.4 is 4.74 Å². The van der Waals surface area contributed by atoms with Crippen molar-refractivity contribution in [2.24, 2.45) is 23.9 Å². The molecule has 0 amide bonds. The van der Waals surface area contributed by atoms with E-state index in [9.17, 15) is 8.78 Å². The van der Waals surface area contributed by atoms with Crippen molar-refractivity contribution in [2.45, 2.75) is 64.7 Å². The zero-order chi connectivity index (χ0) is 27.9. The molecule has 210 valence electrons. The number of aryl methyl sites for hydroxylation is 1. The highest BCUT2D eigenvalue weighted by atomic mass is 19.1. The summed E-state index contributed by atoms with van der Waals surface area (Å²) in [7, 11) is 1.69. The first-order chi connectivity index (χ1) is 19.5. The first-order valence-electron chi connectivity index (χ1n) is 14.4. The third-order valence-corrected chi connectivity index (χ3v) is 8.01. The number of rotatable bonds is 9. The topological polar surface area (TPSA) is 65.2 Å². The molecule has 0 radical (unpaired) electrons. The highest BCUT2D eigenvalue weighted by Crippen LogP contribution is 2.34. The van der Waals surface area contributed by atoms with Crippen LogP contribution in [0.1, 0.15) is 64.7 Å². The molecule has 1 saturated carbocycles. The van der Waals surface area contributed by atoms with Gasteiger partial charge in [0.25, 0.3) is 0 Å². The van der Waals surface area contributed by atoms with Gasteiger partial charge < -0.3 is 4.74 Å². The Balaban J connectivity index is 1.11. The number of hydrogen-bond acceptors (Lipinski definition) is 5. The van der Waals surface area contributed by atoms with E-state index in [0.717, 1.165) is 63.4 Å². The second-order valence-electron chi connectivity index (χ2n) is 10.9. The summed E-state index contributed by atoms with van der Waals surface area (Å²) in [4.78, 5) is 6.14. The molecule has 0 unspecified atom stereocenters. The molecule has 0 N–H and O–H groups in total. The molecule has 0 spiro atoms. The van der Waals surface area contributed by atoms with Crippen molar-refractivity contribution in [3.05, 3.63) is 72.0 Å². The van der Waals surface area contributed by atoms with Gasteiger partial charge in [-0.15, -0.1) is 10.2 Å². The minimum absolute atomic E-state index is 0.290. The van der Waals surface area contributed by atoms with Gasteiger partial charge in [0, 0.05) is 17.5 Å². The minimum atomic E-state index is -0.682. The quantitative estimate of drug-likeness (QED) is 0.274. The summed E-state index contributed by atoms with van der Waals surface area (Å²) >= 11 is 0. The molecule has 8 heteroatoms. The van der Waals surface area contributed by atoms with Crippen molar-refractivity contribution in [2.75, 3.05) is 6.61 Å². The summed E-state index contributed by atoms with van der Waals surface area (Å²) in [5, 5.41) is 12.0. The largest absolute Gasteiger partial charge is 0.487 e. The molecule has 6 nitrogen and oxygen atoms in total. The molecular weight excluding hydrogens is 508 g/mol. The van der Waals surface area contributed by atoms with Gasteiger partial charge in [0.15, 0.2) is 17.4 Å². The zero-order valence-electron chi connectivity index (χ0n) is 23.3. The van der Waals surface area contributed by atoms with Crippen molar-refractivity contribution in [1.82, 2.24) is 20.2 Å². The molecule has 5 rings (SSSR count). The van der Waals surface area contributed by atoms with Crippen LogP contribution in [0.5, 0.6) is 5.75 Å². The summed E-state index contributed by atoms with van der Waals surface area (Å²) in [6.07, 6.45) is 16.1. The Morgan fingerprint density at radius 1 is 0.950 bits per heavy atom. The van der Waals surface area contributed by atoms with E-state index in [2.05, 4.69) is 34.5 Å². The zero-order valence-corrected chi connectivity index (χ0v) is 23.3. The van der Waals surface area contributed by atoms with Crippen LogP contribution in [0.15, 0.2) is 65.3 Å². The molecule has 0 atom stereocenters. The van der Waals surface area contributed by atoms with E-state index in [1.165, 1.54) is 28.2 Å². The van der Waals surface area contributed by atoms with Crippen molar-refractivity contribution in [3.8, 4) is 28.3 Å². The van der Waals surface area contributed by atoms with Crippen molar-refractivity contribution >= 4 is 5.71 Å². The Labute approximate surface area is 234 Å². The lowest BCUT2D eigenvalue weighted by atomic mass is 9.80. The number of nitrogens with zero attached hydrogens (tertiary/aromatic N) is 5. The Hall–Kier alpha value is -3.68. The van der Waals surface area contributed by atoms with Crippen molar-refractivity contribution in [3.63, 3.8) is 0 Å². The fourth-order valence-electron chi connectivity index (χ4n) is 5.50. The molecule has 0 saturated heterocycles. The van der Waals surface area contributed by atoms with Crippen LogP contribution in [0.4, 0.5) is 8.78 Å². The summed E-state index contributed by atoms with van der Waals surface area (Å²) in [5.74, 6) is -0.164. The Bertz CT molecular complexity index is 1360. The number of ether oxygens (including phenoxy) is 1. The number of hydrogen-bond donors (Lipinski definition) is 0. The number of halogens is 2. The lowest BCUT2D eigenvalue weighted by Crippen LogP contribution is -2.21. The van der Waals surface area contributed by atoms with E-state index < -0.39 is 11.6 Å². The third-order valence-electron chi connectivity index (χ3n) is 8.01. The highest BCUT2D eigenvalue weighted by molar-refractivity contribution is 5.85. The van der Waals surface area contributed by atoms with Crippen LogP contribution in [0, 0.1) is 23.5 Å². The van der Waals surface area contributed by atoms with Gasteiger partial charge in [-0.3, -0.25) is 4.99 Å². The number of tetrazole rings is 1. The molecule has 1 aliphatic heterocycles. The van der Waals surface area contributed by atoms with Gasteiger partial charge in [0.1, 0.15) is 0 Å². The Morgan fingerprint density at radius 2 is 1.65 bits per heavy atom. The smallest absolute Gasteiger partial charge is 0.204 e. The van der Waals surface area contributed by atoms with Gasteiger partial charge in [-0.25, -0.2) is 8.78 Å². The minimum Gasteiger partial charge on any atom is -0.487 e. The lowest BCUT2D eigenvalue weighted by molar-refractivity contribution is 0.171. The highest BCUT2D eigenvalue weighted by Gasteiger charge is 2.23. The summed E-state index contributed by atoms with van der Waals surface area (Å²) in [6, 6.07) is 9.86. The average molecular weight is 546 g/mol. The normalized spacial score (nSPS) is 21.6. The predicted molar refractivity (Wildman–Crippen MR) is 154 cm³/mol. The average Bonchev–Trinajstić information content (AvgIpc) is 3.39.